The zero-order chi connectivity index (χ0) is 20.4. The van der Waals surface area contributed by atoms with E-state index in [1.807, 2.05) is 12.1 Å². The summed E-state index contributed by atoms with van der Waals surface area (Å²) < 4.78 is 0. The number of nitrogens with two attached hydrogens (primary N) is 1. The van der Waals surface area contributed by atoms with Crippen molar-refractivity contribution in [1.29, 1.82) is 0 Å². The summed E-state index contributed by atoms with van der Waals surface area (Å²) in [5, 5.41) is 0. The summed E-state index contributed by atoms with van der Waals surface area (Å²) in [6.45, 7) is 0. The number of para-hydroxylation sites is 1. The number of imide groups is 1. The van der Waals surface area contributed by atoms with Gasteiger partial charge in [-0.1, -0.05) is 67.8 Å². The zero-order valence-electron chi connectivity index (χ0n) is 16.1. The fourth-order valence-electron chi connectivity index (χ4n) is 4.21. The number of primary amides is 1. The van der Waals surface area contributed by atoms with E-state index in [2.05, 4.69) is 0 Å². The van der Waals surface area contributed by atoms with Crippen LogP contribution in [0.25, 0.3) is 5.57 Å². The maximum atomic E-state index is 13.5. The third kappa shape index (κ3) is 3.42. The minimum atomic E-state index is -0.719. The van der Waals surface area contributed by atoms with Gasteiger partial charge in [-0.15, -0.1) is 0 Å². The summed E-state index contributed by atoms with van der Waals surface area (Å²) in [6, 6.07) is 17.1. The van der Waals surface area contributed by atoms with Crippen LogP contribution in [0.15, 0.2) is 66.4 Å². The second kappa shape index (κ2) is 7.91. The maximum Gasteiger partial charge on any atom is 0.336 e. The average molecular weight is 389 g/mol. The van der Waals surface area contributed by atoms with Crippen LogP contribution in [0.2, 0.25) is 0 Å². The first-order valence-corrected chi connectivity index (χ1v) is 9.92. The Labute approximate surface area is 169 Å². The minimum absolute atomic E-state index is 0.0875. The molecule has 2 aromatic rings. The predicted molar refractivity (Wildman–Crippen MR) is 111 cm³/mol. The summed E-state index contributed by atoms with van der Waals surface area (Å²) in [5.74, 6) is -1.23. The molecule has 1 saturated carbocycles. The number of nitrogens with zero attached hydrogens (tertiary/aromatic N) is 2. The van der Waals surface area contributed by atoms with Gasteiger partial charge in [0.25, 0.3) is 11.8 Å². The van der Waals surface area contributed by atoms with Crippen LogP contribution in [0.5, 0.6) is 0 Å². The molecule has 0 unspecified atom stereocenters. The molecule has 148 valence electrons. The predicted octanol–water partition coefficient (Wildman–Crippen LogP) is 3.68. The van der Waals surface area contributed by atoms with E-state index in [0.717, 1.165) is 37.0 Å². The van der Waals surface area contributed by atoms with Gasteiger partial charge in [-0.25, -0.2) is 9.69 Å². The Bertz CT molecular complexity index is 963. The monoisotopic (exact) mass is 389 g/mol. The molecular weight excluding hydrogens is 366 g/mol. The number of carbonyl (C=O) groups is 3. The lowest BCUT2D eigenvalue weighted by atomic mass is 9.93. The second-order valence-electron chi connectivity index (χ2n) is 7.37. The average Bonchev–Trinajstić information content (AvgIpc) is 3.00. The lowest BCUT2D eigenvalue weighted by Gasteiger charge is -2.31. The molecule has 1 heterocycles. The third-order valence-electron chi connectivity index (χ3n) is 5.54. The quantitative estimate of drug-likeness (QED) is 0.639. The highest BCUT2D eigenvalue weighted by atomic mass is 16.2. The van der Waals surface area contributed by atoms with E-state index in [9.17, 15) is 14.4 Å². The molecule has 1 aliphatic heterocycles. The third-order valence-corrected chi connectivity index (χ3v) is 5.54. The molecule has 0 atom stereocenters. The van der Waals surface area contributed by atoms with Gasteiger partial charge in [0.1, 0.15) is 5.70 Å². The topological polar surface area (TPSA) is 83.7 Å². The molecule has 6 heteroatoms. The van der Waals surface area contributed by atoms with E-state index in [1.54, 1.807) is 48.5 Å². The lowest BCUT2D eigenvalue weighted by molar-refractivity contribution is -0.116. The van der Waals surface area contributed by atoms with Crippen LogP contribution < -0.4 is 10.6 Å². The van der Waals surface area contributed by atoms with Gasteiger partial charge in [-0.2, -0.15) is 0 Å². The Balaban J connectivity index is 1.91. The zero-order valence-corrected chi connectivity index (χ0v) is 16.1. The Morgan fingerprint density at radius 2 is 1.45 bits per heavy atom. The Hall–Kier alpha value is -3.41. The number of anilines is 1. The Kier molecular flexibility index (Phi) is 5.16. The molecule has 2 aromatic carbocycles. The largest absolute Gasteiger partial charge is 0.366 e. The molecule has 4 rings (SSSR count). The molecule has 29 heavy (non-hydrogen) atoms. The number of urea groups is 1. The summed E-state index contributed by atoms with van der Waals surface area (Å²) >= 11 is 0. The minimum Gasteiger partial charge on any atom is -0.366 e. The number of hydrogen-bond donors (Lipinski definition) is 1. The first kappa shape index (κ1) is 18.9. The van der Waals surface area contributed by atoms with Gasteiger partial charge in [0.05, 0.1) is 11.3 Å². The summed E-state index contributed by atoms with van der Waals surface area (Å²) in [5.41, 5.74) is 6.92. The molecule has 4 amide bonds. The van der Waals surface area contributed by atoms with Crippen LogP contribution in [0.3, 0.4) is 0 Å². The Morgan fingerprint density at radius 1 is 0.862 bits per heavy atom. The number of benzene rings is 2. The van der Waals surface area contributed by atoms with E-state index in [-0.39, 0.29) is 17.3 Å². The van der Waals surface area contributed by atoms with Crippen molar-refractivity contribution in [2.24, 2.45) is 5.73 Å². The van der Waals surface area contributed by atoms with Crippen molar-refractivity contribution in [1.82, 2.24) is 4.90 Å². The molecular formula is C23H23N3O3. The van der Waals surface area contributed by atoms with E-state index in [4.69, 9.17) is 5.73 Å². The fraction of sp³-hybridized carbons (Fsp3) is 0.261. The van der Waals surface area contributed by atoms with Crippen LogP contribution in [-0.4, -0.2) is 28.8 Å². The van der Waals surface area contributed by atoms with E-state index >= 15 is 0 Å². The smallest absolute Gasteiger partial charge is 0.336 e. The molecule has 2 fully saturated rings. The first-order valence-electron chi connectivity index (χ1n) is 9.92. The number of amides is 4. The van der Waals surface area contributed by atoms with Gasteiger partial charge in [0.2, 0.25) is 0 Å². The van der Waals surface area contributed by atoms with Crippen molar-refractivity contribution in [3.8, 4) is 0 Å². The van der Waals surface area contributed by atoms with Crippen LogP contribution in [0, 0.1) is 0 Å². The summed E-state index contributed by atoms with van der Waals surface area (Å²) in [4.78, 5) is 42.0. The SMILES string of the molecule is NC(=O)C(=C1C(=O)N(c2ccccc2)C(=O)N1C1CCCCC1)c1ccccc1. The molecule has 2 aliphatic rings. The van der Waals surface area contributed by atoms with Crippen molar-refractivity contribution in [2.45, 2.75) is 38.1 Å². The Morgan fingerprint density at radius 3 is 2.03 bits per heavy atom. The van der Waals surface area contributed by atoms with Crippen LogP contribution >= 0.6 is 0 Å². The molecule has 0 radical (unpaired) electrons. The number of carbonyl (C=O) groups excluding carboxylic acids is 3. The summed E-state index contributed by atoms with van der Waals surface area (Å²) in [6.07, 6.45) is 4.67. The molecule has 0 aromatic heterocycles. The fourth-order valence-corrected chi connectivity index (χ4v) is 4.21. The highest BCUT2D eigenvalue weighted by Crippen LogP contribution is 2.37. The van der Waals surface area contributed by atoms with Crippen molar-refractivity contribution in [3.63, 3.8) is 0 Å². The van der Waals surface area contributed by atoms with Gasteiger partial charge in [-0.3, -0.25) is 14.5 Å². The molecule has 0 bridgehead atoms. The summed E-state index contributed by atoms with van der Waals surface area (Å²) in [7, 11) is 0. The molecule has 6 nitrogen and oxygen atoms in total. The highest BCUT2D eigenvalue weighted by molar-refractivity contribution is 6.35. The van der Waals surface area contributed by atoms with Gasteiger partial charge >= 0.3 is 6.03 Å². The number of hydrogen-bond acceptors (Lipinski definition) is 3. The van der Waals surface area contributed by atoms with Crippen molar-refractivity contribution in [3.05, 3.63) is 71.9 Å². The van der Waals surface area contributed by atoms with E-state index in [0.29, 0.717) is 11.3 Å². The van der Waals surface area contributed by atoms with Crippen molar-refractivity contribution in [2.75, 3.05) is 4.90 Å². The van der Waals surface area contributed by atoms with Crippen LogP contribution in [-0.2, 0) is 9.59 Å². The highest BCUT2D eigenvalue weighted by Gasteiger charge is 2.47. The maximum absolute atomic E-state index is 13.5. The normalized spacial score (nSPS) is 19.6. The lowest BCUT2D eigenvalue weighted by Crippen LogP contribution is -2.40. The first-order chi connectivity index (χ1) is 14.1. The molecule has 1 saturated heterocycles. The van der Waals surface area contributed by atoms with Gasteiger partial charge in [-0.05, 0) is 30.5 Å². The van der Waals surface area contributed by atoms with Crippen molar-refractivity contribution < 1.29 is 14.4 Å². The van der Waals surface area contributed by atoms with Crippen LogP contribution in [0.1, 0.15) is 37.7 Å². The molecule has 2 N–H and O–H groups in total. The van der Waals surface area contributed by atoms with E-state index in [1.165, 1.54) is 4.90 Å². The van der Waals surface area contributed by atoms with Crippen LogP contribution in [0.4, 0.5) is 10.5 Å². The van der Waals surface area contributed by atoms with Gasteiger partial charge in [0.15, 0.2) is 0 Å². The second-order valence-corrected chi connectivity index (χ2v) is 7.37. The standard InChI is InChI=1S/C23H23N3O3/c24-21(27)19(16-10-4-1-5-11-16)20-22(28)26(18-14-8-3-9-15-18)23(29)25(20)17-12-6-2-7-13-17/h1,3-5,8-11,14-15,17H,2,6-7,12-13H2,(H2,24,27). The number of rotatable bonds is 4. The van der Waals surface area contributed by atoms with Gasteiger partial charge in [0, 0.05) is 6.04 Å². The van der Waals surface area contributed by atoms with E-state index < -0.39 is 17.8 Å². The molecule has 1 aliphatic carbocycles. The van der Waals surface area contributed by atoms with Gasteiger partial charge < -0.3 is 5.73 Å². The molecule has 0 spiro atoms. The van der Waals surface area contributed by atoms with Crippen molar-refractivity contribution >= 4 is 29.1 Å².